The number of ether oxygens (including phenoxy) is 2. The molecule has 0 spiro atoms. The maximum atomic E-state index is 16.5. The van der Waals surface area contributed by atoms with E-state index in [1.807, 2.05) is 102 Å². The normalized spacial score (nSPS) is 14.0. The average molecular weight is 1230 g/mol. The molecule has 0 aromatic heterocycles. The van der Waals surface area contributed by atoms with E-state index in [1.165, 1.54) is 36.4 Å². The number of carbonyl (C=O) groups is 1. The zero-order valence-corrected chi connectivity index (χ0v) is 48.2. The molecule has 19 heteroatoms. The van der Waals surface area contributed by atoms with E-state index in [2.05, 4.69) is 11.0 Å². The molecule has 0 amide bonds. The number of benzene rings is 12. The quantitative estimate of drug-likeness (QED) is 0.0889. The minimum Gasteiger partial charge on any atom is -0.457 e. The number of fused-ring (bicyclic) bond motifs is 10. The number of anilines is 15. The highest BCUT2D eigenvalue weighted by Gasteiger charge is 2.55. The molecular formula is C74H38B3F8N5O3. The molecule has 12 aromatic rings. The van der Waals surface area contributed by atoms with Gasteiger partial charge in [-0.25, -0.2) is 39.9 Å². The summed E-state index contributed by atoms with van der Waals surface area (Å²) in [5.74, 6) is -6.78. The molecule has 442 valence electrons. The zero-order chi connectivity index (χ0) is 62.6. The van der Waals surface area contributed by atoms with E-state index in [9.17, 15) is 4.79 Å². The van der Waals surface area contributed by atoms with Crippen molar-refractivity contribution in [2.75, 3.05) is 24.5 Å². The summed E-state index contributed by atoms with van der Waals surface area (Å²) < 4.78 is 142. The Morgan fingerprint density at radius 2 is 0.688 bits per heavy atom. The highest BCUT2D eigenvalue weighted by Crippen LogP contribution is 2.57. The molecule has 0 saturated heterocycles. The van der Waals surface area contributed by atoms with E-state index in [1.54, 1.807) is 57.2 Å². The lowest BCUT2D eigenvalue weighted by Gasteiger charge is -2.52. The van der Waals surface area contributed by atoms with Crippen LogP contribution in [-0.2, 0) is 11.3 Å². The predicted molar refractivity (Wildman–Crippen MR) is 349 cm³/mol. The van der Waals surface area contributed by atoms with Crippen LogP contribution < -0.4 is 78.4 Å². The lowest BCUT2D eigenvalue weighted by Crippen LogP contribution is -2.69. The molecule has 7 aliphatic heterocycles. The van der Waals surface area contributed by atoms with Crippen LogP contribution in [0.1, 0.15) is 15.9 Å². The van der Waals surface area contributed by atoms with E-state index < -0.39 is 72.6 Å². The molecule has 7 heterocycles. The highest BCUT2D eigenvalue weighted by atomic mass is 19.2. The second-order valence-corrected chi connectivity index (χ2v) is 24.1. The van der Waals surface area contributed by atoms with Gasteiger partial charge in [-0.1, -0.05) is 97.1 Å². The van der Waals surface area contributed by atoms with Crippen molar-refractivity contribution in [2.24, 2.45) is 0 Å². The van der Waals surface area contributed by atoms with Crippen molar-refractivity contribution in [1.82, 2.24) is 0 Å². The van der Waals surface area contributed by atoms with Crippen LogP contribution in [-0.4, -0.2) is 26.1 Å². The molecular weight excluding hydrogens is 1190 g/mol. The molecule has 0 aliphatic carbocycles. The first-order valence-electron chi connectivity index (χ1n) is 30.0. The molecule has 93 heavy (non-hydrogen) atoms. The van der Waals surface area contributed by atoms with Gasteiger partial charge in [0.15, 0.2) is 11.5 Å². The van der Waals surface area contributed by atoms with Crippen molar-refractivity contribution >= 4 is 161 Å². The smallest absolute Gasteiger partial charge is 0.338 e. The zero-order valence-electron chi connectivity index (χ0n) is 48.2. The van der Waals surface area contributed by atoms with E-state index in [0.29, 0.717) is 90.1 Å². The number of hydrogen-bond acceptors (Lipinski definition) is 8. The SMILES string of the molecule is O=C(OCc1ccccc1)c1cc2c3c(c1)N(c1cc(F)cc(F)c1)c1cc4c(cc1B3c1ccccc1N2c1cc(F)cc(F)c1)B1c2cccc3c2N2c5c(cccc5B5c6ccccc6N(c6cc(F)cc(F)c6)c6cc(c1c2c65)N4c1cc(F)cc(F)c1)O3. The Labute approximate surface area is 526 Å². The van der Waals surface area contributed by atoms with Crippen molar-refractivity contribution in [1.29, 1.82) is 0 Å². The number of esters is 1. The molecule has 0 N–H and O–H groups in total. The van der Waals surface area contributed by atoms with Gasteiger partial charge in [0.05, 0.1) is 39.7 Å². The van der Waals surface area contributed by atoms with Gasteiger partial charge in [-0.2, -0.15) is 0 Å². The molecule has 0 saturated carbocycles. The monoisotopic (exact) mass is 1230 g/mol. The standard InChI is InChI=1S/C74H38B3F8N5O3/c78-40-22-41(79)27-48(26-40)86-59-17-7-5-13-53(59)76-56-34-57-61(35-60(56)88(50-30-44(82)24-45(83)31-50)63-21-39(20-62(86)68(63)76)74(91)92-37-38-10-2-1-3-11-38)89(51-32-46(84)25-47(85)33-51)65-36-64-69-73-70(65)77(57)55-15-9-19-67-72(55)90(73)71-54(14-8-18-66(71)93-67)75(69)52-12-4-6-16-58(52)87(64)49-28-42(80)23-43(81)29-49/h1-36H,37H2. The van der Waals surface area contributed by atoms with Gasteiger partial charge < -0.3 is 34.0 Å². The summed E-state index contributed by atoms with van der Waals surface area (Å²) in [5.41, 5.74) is 12.7. The summed E-state index contributed by atoms with van der Waals surface area (Å²) in [4.78, 5) is 23.9. The maximum absolute atomic E-state index is 16.5. The fourth-order valence-corrected chi connectivity index (χ4v) is 15.8. The van der Waals surface area contributed by atoms with Crippen molar-refractivity contribution in [3.8, 4) is 11.5 Å². The average Bonchev–Trinajstić information content (AvgIpc) is 0.660. The number of nitrogens with zero attached hydrogens (tertiary/aromatic N) is 5. The van der Waals surface area contributed by atoms with Crippen molar-refractivity contribution in [3.63, 3.8) is 0 Å². The molecule has 0 unspecified atom stereocenters. The van der Waals surface area contributed by atoms with Crippen molar-refractivity contribution in [3.05, 3.63) is 276 Å². The molecule has 12 aromatic carbocycles. The number of hydrogen-bond donors (Lipinski definition) is 0. The first kappa shape index (κ1) is 53.4. The fraction of sp³-hybridized carbons (Fsp3) is 0.0135. The van der Waals surface area contributed by atoms with E-state index in [4.69, 9.17) is 9.47 Å². The maximum Gasteiger partial charge on any atom is 0.338 e. The summed E-state index contributed by atoms with van der Waals surface area (Å²) in [6.45, 7) is -2.22. The third kappa shape index (κ3) is 7.61. The topological polar surface area (TPSA) is 51.7 Å². The first-order chi connectivity index (χ1) is 45.3. The van der Waals surface area contributed by atoms with Crippen LogP contribution in [0.4, 0.5) is 120 Å². The van der Waals surface area contributed by atoms with Gasteiger partial charge in [0, 0.05) is 75.5 Å². The molecule has 0 bridgehead atoms. The number of rotatable bonds is 7. The van der Waals surface area contributed by atoms with Gasteiger partial charge in [0.25, 0.3) is 20.1 Å². The lowest BCUT2D eigenvalue weighted by molar-refractivity contribution is 0.0472. The van der Waals surface area contributed by atoms with Crippen LogP contribution in [0.15, 0.2) is 218 Å². The summed E-state index contributed by atoms with van der Waals surface area (Å²) >= 11 is 0. The van der Waals surface area contributed by atoms with Crippen LogP contribution in [0.5, 0.6) is 11.5 Å². The van der Waals surface area contributed by atoms with Crippen molar-refractivity contribution < 1.29 is 49.4 Å². The summed E-state index contributed by atoms with van der Waals surface area (Å²) in [6.07, 6.45) is 0. The van der Waals surface area contributed by atoms with Gasteiger partial charge >= 0.3 is 5.97 Å². The number of carbonyl (C=O) groups excluding carboxylic acids is 1. The third-order valence-electron chi connectivity index (χ3n) is 19.0. The van der Waals surface area contributed by atoms with Crippen LogP contribution in [0.25, 0.3) is 0 Å². The molecule has 7 aliphatic rings. The molecule has 0 radical (unpaired) electrons. The van der Waals surface area contributed by atoms with E-state index in [-0.39, 0.29) is 40.6 Å². The Bertz CT molecular complexity index is 5310. The summed E-state index contributed by atoms with van der Waals surface area (Å²) in [6, 6.07) is 57.4. The Morgan fingerprint density at radius 3 is 1.14 bits per heavy atom. The van der Waals surface area contributed by atoms with Gasteiger partial charge in [-0.05, 0) is 152 Å². The molecule has 8 nitrogen and oxygen atoms in total. The third-order valence-corrected chi connectivity index (χ3v) is 19.0. The van der Waals surface area contributed by atoms with Crippen molar-refractivity contribution in [2.45, 2.75) is 6.61 Å². The molecule has 19 rings (SSSR count). The highest BCUT2D eigenvalue weighted by molar-refractivity contribution is 7.06. The Hall–Kier alpha value is -11.5. The Balaban J connectivity index is 0.947. The second-order valence-electron chi connectivity index (χ2n) is 24.1. The minimum absolute atomic E-state index is 0.0253. The number of para-hydroxylation sites is 4. The van der Waals surface area contributed by atoms with E-state index in [0.717, 1.165) is 69.4 Å². The van der Waals surface area contributed by atoms with Crippen LogP contribution in [0.2, 0.25) is 0 Å². The van der Waals surface area contributed by atoms with Crippen LogP contribution in [0, 0.1) is 46.5 Å². The van der Waals surface area contributed by atoms with Crippen LogP contribution in [0.3, 0.4) is 0 Å². The Morgan fingerprint density at radius 1 is 0.323 bits per heavy atom. The minimum atomic E-state index is -0.944. The lowest BCUT2D eigenvalue weighted by atomic mass is 9.28. The second kappa shape index (κ2) is 19.3. The van der Waals surface area contributed by atoms with E-state index >= 15 is 35.1 Å². The predicted octanol–water partition coefficient (Wildman–Crippen LogP) is 13.0. The van der Waals surface area contributed by atoms with Crippen LogP contribution >= 0.6 is 0 Å². The number of halogens is 8. The molecule has 0 atom stereocenters. The Kier molecular flexibility index (Phi) is 11.1. The fourth-order valence-electron chi connectivity index (χ4n) is 15.8. The van der Waals surface area contributed by atoms with Gasteiger partial charge in [-0.15, -0.1) is 0 Å². The van der Waals surface area contributed by atoms with Gasteiger partial charge in [-0.3, -0.25) is 0 Å². The summed E-state index contributed by atoms with van der Waals surface area (Å²) in [5, 5.41) is 0. The van der Waals surface area contributed by atoms with Gasteiger partial charge in [0.1, 0.15) is 53.1 Å². The molecule has 0 fully saturated rings. The largest absolute Gasteiger partial charge is 0.457 e. The summed E-state index contributed by atoms with van der Waals surface area (Å²) in [7, 11) is 0. The first-order valence-corrected chi connectivity index (χ1v) is 30.0. The van der Waals surface area contributed by atoms with Gasteiger partial charge in [0.2, 0.25) is 0 Å².